The second kappa shape index (κ2) is 14.4. The van der Waals surface area contributed by atoms with E-state index in [2.05, 4.69) is 17.2 Å². The zero-order valence-electron chi connectivity index (χ0n) is 30.5. The Balaban J connectivity index is 1.33. The molecule has 3 heterocycles. The van der Waals surface area contributed by atoms with Crippen LogP contribution in [0.5, 0.6) is 11.5 Å². The standard InChI is InChI=1S/C38H47N5O8S/c1-8-21-18-38(21,35(46)47)42-32(44)28-16-23(19-43(28)34(45)31(20(2)3)41-36(48)51-37(4,5)6)50-29-17-27(33-40-25-11-9-10-12-30(25)52-33)39-26-15-22(49-7)13-14-24(26)29/h8,13-15,17,20-21,23,28,31H,1,9-12,16,18-19H2,2-7H3,(H,41,48)(H,42,44)(H,46,47)/t21-,23-,28+,31+,38-/m1/s1. The van der Waals surface area contributed by atoms with Gasteiger partial charge in [-0.15, -0.1) is 17.9 Å². The third-order valence-corrected chi connectivity index (χ3v) is 11.0. The Morgan fingerprint density at radius 3 is 2.52 bits per heavy atom. The van der Waals surface area contributed by atoms with Crippen molar-refractivity contribution in [2.75, 3.05) is 13.7 Å². The monoisotopic (exact) mass is 733 g/mol. The number of alkyl carbamates (subject to hydrolysis) is 1. The Morgan fingerprint density at radius 2 is 1.88 bits per heavy atom. The second-order valence-electron chi connectivity index (χ2n) is 15.1. The van der Waals surface area contributed by atoms with Gasteiger partial charge in [-0.3, -0.25) is 9.59 Å². The molecule has 13 nitrogen and oxygen atoms in total. The first kappa shape index (κ1) is 37.1. The van der Waals surface area contributed by atoms with Crippen LogP contribution >= 0.6 is 11.3 Å². The van der Waals surface area contributed by atoms with Crippen LogP contribution in [-0.4, -0.2) is 86.8 Å². The average Bonchev–Trinajstić information content (AvgIpc) is 3.40. The number of carbonyl (C=O) groups is 4. The van der Waals surface area contributed by atoms with E-state index in [1.165, 1.54) is 15.9 Å². The van der Waals surface area contributed by atoms with Crippen molar-refractivity contribution in [1.29, 1.82) is 0 Å². The molecule has 3 aromatic rings. The number of hydrogen-bond donors (Lipinski definition) is 3. The summed E-state index contributed by atoms with van der Waals surface area (Å²) in [6.07, 6.45) is 4.50. The summed E-state index contributed by atoms with van der Waals surface area (Å²) in [7, 11) is 1.59. The summed E-state index contributed by atoms with van der Waals surface area (Å²) in [6, 6.07) is 5.22. The molecule has 0 spiro atoms. The lowest BCUT2D eigenvalue weighted by molar-refractivity contribution is -0.146. The summed E-state index contributed by atoms with van der Waals surface area (Å²) in [5, 5.41) is 16.9. The van der Waals surface area contributed by atoms with E-state index < -0.39 is 59.1 Å². The fraction of sp³-hybridized carbons (Fsp3) is 0.526. The Bertz CT molecular complexity index is 1880. The molecule has 2 fully saturated rings. The van der Waals surface area contributed by atoms with Gasteiger partial charge in [0, 0.05) is 34.7 Å². The highest BCUT2D eigenvalue weighted by molar-refractivity contribution is 7.15. The third-order valence-electron chi connectivity index (χ3n) is 9.82. The van der Waals surface area contributed by atoms with E-state index >= 15 is 0 Å². The molecule has 0 unspecified atom stereocenters. The molecule has 3 aliphatic rings. The smallest absolute Gasteiger partial charge is 0.408 e. The molecule has 1 aromatic carbocycles. The van der Waals surface area contributed by atoms with Gasteiger partial charge in [0.25, 0.3) is 0 Å². The number of carboxylic acid groups (broad SMARTS) is 1. The number of ether oxygens (including phenoxy) is 3. The van der Waals surface area contributed by atoms with Crippen LogP contribution in [0.4, 0.5) is 4.79 Å². The van der Waals surface area contributed by atoms with Crippen LogP contribution in [0.3, 0.4) is 0 Å². The summed E-state index contributed by atoms with van der Waals surface area (Å²) >= 11 is 1.63. The maximum absolute atomic E-state index is 14.3. The Kier molecular flexibility index (Phi) is 10.2. The van der Waals surface area contributed by atoms with Crippen molar-refractivity contribution in [3.8, 4) is 22.2 Å². The van der Waals surface area contributed by atoms with Gasteiger partial charge in [-0.1, -0.05) is 19.9 Å². The number of fused-ring (bicyclic) bond motifs is 2. The van der Waals surface area contributed by atoms with E-state index in [1.807, 2.05) is 24.3 Å². The molecule has 1 aliphatic heterocycles. The molecule has 0 bridgehead atoms. The number of methoxy groups -OCH3 is 1. The fourth-order valence-electron chi connectivity index (χ4n) is 6.97. The predicted octanol–water partition coefficient (Wildman–Crippen LogP) is 5.29. The number of carboxylic acids is 1. The number of pyridine rings is 1. The molecule has 3 amide bonds. The van der Waals surface area contributed by atoms with Crippen LogP contribution in [-0.2, 0) is 32.0 Å². The van der Waals surface area contributed by atoms with Crippen molar-refractivity contribution in [2.45, 2.75) is 102 Å². The lowest BCUT2D eigenvalue weighted by Gasteiger charge is -2.31. The maximum atomic E-state index is 14.3. The largest absolute Gasteiger partial charge is 0.497 e. The number of hydrogen-bond acceptors (Lipinski definition) is 10. The van der Waals surface area contributed by atoms with Gasteiger partial charge in [0.1, 0.15) is 51.5 Å². The minimum absolute atomic E-state index is 0.00193. The van der Waals surface area contributed by atoms with Crippen molar-refractivity contribution in [1.82, 2.24) is 25.5 Å². The van der Waals surface area contributed by atoms with Crippen molar-refractivity contribution >= 4 is 46.1 Å². The van der Waals surface area contributed by atoms with Gasteiger partial charge in [-0.25, -0.2) is 19.6 Å². The fourth-order valence-corrected chi connectivity index (χ4v) is 8.08. The quantitative estimate of drug-likeness (QED) is 0.220. The highest BCUT2D eigenvalue weighted by Crippen LogP contribution is 2.45. The summed E-state index contributed by atoms with van der Waals surface area (Å²) < 4.78 is 17.6. The molecule has 1 saturated carbocycles. The zero-order chi connectivity index (χ0) is 37.5. The molecule has 3 N–H and O–H groups in total. The predicted molar refractivity (Wildman–Crippen MR) is 195 cm³/mol. The van der Waals surface area contributed by atoms with Crippen LogP contribution in [0.2, 0.25) is 0 Å². The molecule has 52 heavy (non-hydrogen) atoms. The van der Waals surface area contributed by atoms with Crippen LogP contribution < -0.4 is 20.1 Å². The first-order chi connectivity index (χ1) is 24.6. The molecule has 6 rings (SSSR count). The number of aryl methyl sites for hydroxylation is 2. The van der Waals surface area contributed by atoms with E-state index in [4.69, 9.17) is 24.2 Å². The van der Waals surface area contributed by atoms with Gasteiger partial charge in [-0.05, 0) is 70.9 Å². The number of rotatable bonds is 11. The Labute approximate surface area is 307 Å². The van der Waals surface area contributed by atoms with Gasteiger partial charge in [-0.2, -0.15) is 0 Å². The van der Waals surface area contributed by atoms with Crippen LogP contribution in [0.15, 0.2) is 36.9 Å². The summed E-state index contributed by atoms with van der Waals surface area (Å²) in [4.78, 5) is 65.9. The van der Waals surface area contributed by atoms with E-state index in [1.54, 1.807) is 53.1 Å². The van der Waals surface area contributed by atoms with E-state index in [0.29, 0.717) is 28.1 Å². The van der Waals surface area contributed by atoms with Crippen molar-refractivity contribution in [2.24, 2.45) is 11.8 Å². The van der Waals surface area contributed by atoms with Gasteiger partial charge in [0.2, 0.25) is 11.8 Å². The number of carbonyl (C=O) groups excluding carboxylic acids is 3. The second-order valence-corrected chi connectivity index (χ2v) is 16.2. The number of aliphatic carboxylic acids is 1. The lowest BCUT2D eigenvalue weighted by Crippen LogP contribution is -2.57. The van der Waals surface area contributed by atoms with Gasteiger partial charge in [0.05, 0.1) is 24.9 Å². The maximum Gasteiger partial charge on any atom is 0.408 e. The SMILES string of the molecule is C=C[C@@H]1C[C@]1(NC(=O)[C@@H]1C[C@@H](Oc2cc(-c3nc4c(s3)CCCC4)nc3cc(OC)ccc23)CN1C(=O)[C@@H](NC(=O)OC(C)(C)C)C(C)C)C(=O)O. The van der Waals surface area contributed by atoms with Crippen molar-refractivity contribution in [3.63, 3.8) is 0 Å². The number of thiazole rings is 1. The number of nitrogens with one attached hydrogen (secondary N) is 2. The van der Waals surface area contributed by atoms with Crippen LogP contribution in [0.1, 0.15) is 70.9 Å². The number of likely N-dealkylation sites (tertiary alicyclic amines) is 1. The number of nitrogens with zero attached hydrogens (tertiary/aromatic N) is 3. The Morgan fingerprint density at radius 1 is 1.13 bits per heavy atom. The molecule has 0 radical (unpaired) electrons. The lowest BCUT2D eigenvalue weighted by atomic mass is 10.0. The minimum atomic E-state index is -1.50. The molecular weight excluding hydrogens is 687 g/mol. The molecule has 14 heteroatoms. The van der Waals surface area contributed by atoms with Gasteiger partial charge >= 0.3 is 12.1 Å². The first-order valence-electron chi connectivity index (χ1n) is 17.7. The first-order valence-corrected chi connectivity index (χ1v) is 18.6. The molecule has 5 atom stereocenters. The number of benzene rings is 1. The minimum Gasteiger partial charge on any atom is -0.497 e. The topological polar surface area (TPSA) is 169 Å². The number of aromatic nitrogens is 2. The van der Waals surface area contributed by atoms with E-state index in [-0.39, 0.29) is 25.3 Å². The highest BCUT2D eigenvalue weighted by Gasteiger charge is 2.61. The Hall–Kier alpha value is -4.72. The van der Waals surface area contributed by atoms with E-state index in [9.17, 15) is 24.3 Å². The van der Waals surface area contributed by atoms with E-state index in [0.717, 1.165) is 36.4 Å². The molecule has 2 aliphatic carbocycles. The van der Waals surface area contributed by atoms with Crippen molar-refractivity contribution < 1.29 is 38.5 Å². The van der Waals surface area contributed by atoms with Crippen molar-refractivity contribution in [3.05, 3.63) is 47.5 Å². The average molecular weight is 734 g/mol. The molecule has 2 aromatic heterocycles. The van der Waals surface area contributed by atoms with Crippen LogP contribution in [0.25, 0.3) is 21.6 Å². The molecular formula is C38H47N5O8S. The highest BCUT2D eigenvalue weighted by atomic mass is 32.1. The van der Waals surface area contributed by atoms with Gasteiger partial charge < -0.3 is 34.9 Å². The zero-order valence-corrected chi connectivity index (χ0v) is 31.3. The molecule has 278 valence electrons. The summed E-state index contributed by atoms with van der Waals surface area (Å²) in [5.74, 6) is -1.99. The number of amides is 3. The third kappa shape index (κ3) is 7.57. The van der Waals surface area contributed by atoms with Crippen LogP contribution in [0, 0.1) is 11.8 Å². The van der Waals surface area contributed by atoms with Gasteiger partial charge in [0.15, 0.2) is 0 Å². The normalized spacial score (nSPS) is 23.1. The molecule has 1 saturated heterocycles. The summed E-state index contributed by atoms with van der Waals surface area (Å²) in [6.45, 7) is 12.5. The summed E-state index contributed by atoms with van der Waals surface area (Å²) in [5.41, 5.74) is 0.0855.